The zero-order chi connectivity index (χ0) is 15.5. The summed E-state index contributed by atoms with van der Waals surface area (Å²) in [5, 5.41) is 3.44. The second kappa shape index (κ2) is 6.28. The second-order valence-corrected chi connectivity index (χ2v) is 5.93. The van der Waals surface area contributed by atoms with Gasteiger partial charge in [0.25, 0.3) is 0 Å². The number of nitrogens with one attached hydrogen (secondary N) is 1. The van der Waals surface area contributed by atoms with E-state index in [1.54, 1.807) is 6.20 Å². The molecule has 2 heterocycles. The number of rotatable bonds is 5. The molecule has 1 aliphatic rings. The van der Waals surface area contributed by atoms with Gasteiger partial charge in [-0.1, -0.05) is 12.1 Å². The minimum absolute atomic E-state index is 0.359. The van der Waals surface area contributed by atoms with Crippen LogP contribution in [0.25, 0.3) is 5.78 Å². The number of para-hydroxylation sites is 2. The van der Waals surface area contributed by atoms with Gasteiger partial charge < -0.3 is 10.1 Å². The molecule has 23 heavy (non-hydrogen) atoms. The number of anilines is 1. The molecule has 0 aliphatic heterocycles. The molecule has 4 rings (SSSR count). The number of hydrogen-bond acceptors (Lipinski definition) is 4. The van der Waals surface area contributed by atoms with Crippen molar-refractivity contribution in [2.75, 3.05) is 5.32 Å². The van der Waals surface area contributed by atoms with Gasteiger partial charge in [0.1, 0.15) is 5.75 Å². The maximum absolute atomic E-state index is 6.15. The lowest BCUT2D eigenvalue weighted by atomic mass is 10.2. The lowest BCUT2D eigenvalue weighted by Crippen LogP contribution is -2.12. The molecule has 1 N–H and O–H groups in total. The Morgan fingerprint density at radius 3 is 2.91 bits per heavy atom. The molecule has 1 fully saturated rings. The van der Waals surface area contributed by atoms with E-state index in [0.717, 1.165) is 35.8 Å². The summed E-state index contributed by atoms with van der Waals surface area (Å²) >= 11 is 0. The van der Waals surface area contributed by atoms with Gasteiger partial charge in [-0.15, -0.1) is 0 Å². The minimum atomic E-state index is 0.359. The zero-order valence-electron chi connectivity index (χ0n) is 13.0. The summed E-state index contributed by atoms with van der Waals surface area (Å²) in [5.41, 5.74) is 1.98. The van der Waals surface area contributed by atoms with Crippen LogP contribution in [-0.4, -0.2) is 20.5 Å². The topological polar surface area (TPSA) is 51.5 Å². The number of aromatic nitrogens is 3. The predicted octanol–water partition coefficient (Wildman–Crippen LogP) is 3.66. The fourth-order valence-electron chi connectivity index (χ4n) is 3.05. The first-order valence-electron chi connectivity index (χ1n) is 8.17. The Hall–Kier alpha value is -2.56. The van der Waals surface area contributed by atoms with E-state index in [1.165, 1.54) is 12.8 Å². The summed E-state index contributed by atoms with van der Waals surface area (Å²) < 4.78 is 8.08. The van der Waals surface area contributed by atoms with Crippen molar-refractivity contribution in [1.82, 2.24) is 14.4 Å². The van der Waals surface area contributed by atoms with Crippen molar-refractivity contribution in [3.8, 4) is 5.75 Å². The molecule has 0 radical (unpaired) electrons. The Morgan fingerprint density at radius 2 is 2.04 bits per heavy atom. The fourth-order valence-corrected chi connectivity index (χ4v) is 3.05. The van der Waals surface area contributed by atoms with Gasteiger partial charge in [0.2, 0.25) is 5.78 Å². The molecule has 5 nitrogen and oxygen atoms in total. The van der Waals surface area contributed by atoms with E-state index in [0.29, 0.717) is 12.6 Å². The van der Waals surface area contributed by atoms with Gasteiger partial charge in [-0.25, -0.2) is 9.97 Å². The molecule has 0 spiro atoms. The molecule has 5 heteroatoms. The van der Waals surface area contributed by atoms with Crippen molar-refractivity contribution in [1.29, 1.82) is 0 Å². The monoisotopic (exact) mass is 308 g/mol. The molecule has 1 aromatic carbocycles. The van der Waals surface area contributed by atoms with E-state index in [4.69, 9.17) is 4.74 Å². The highest BCUT2D eigenvalue weighted by Crippen LogP contribution is 2.29. The van der Waals surface area contributed by atoms with Crippen LogP contribution in [0.2, 0.25) is 0 Å². The van der Waals surface area contributed by atoms with Crippen molar-refractivity contribution in [3.05, 3.63) is 54.6 Å². The Morgan fingerprint density at radius 1 is 1.17 bits per heavy atom. The summed E-state index contributed by atoms with van der Waals surface area (Å²) in [4.78, 5) is 8.75. The third-order valence-electron chi connectivity index (χ3n) is 4.23. The van der Waals surface area contributed by atoms with Gasteiger partial charge in [0.15, 0.2) is 0 Å². The average molecular weight is 308 g/mol. The van der Waals surface area contributed by atoms with Crippen LogP contribution in [0.5, 0.6) is 5.75 Å². The molecule has 118 valence electrons. The first kappa shape index (κ1) is 14.1. The number of nitrogens with zero attached hydrogens (tertiary/aromatic N) is 3. The van der Waals surface area contributed by atoms with Gasteiger partial charge in [-0.3, -0.25) is 4.40 Å². The molecular formula is C18H20N4O. The molecule has 0 amide bonds. The van der Waals surface area contributed by atoms with E-state index >= 15 is 0 Å². The van der Waals surface area contributed by atoms with Crippen molar-refractivity contribution >= 4 is 11.5 Å². The van der Waals surface area contributed by atoms with Crippen LogP contribution in [0.15, 0.2) is 48.9 Å². The maximum Gasteiger partial charge on any atom is 0.233 e. The van der Waals surface area contributed by atoms with Gasteiger partial charge >= 0.3 is 0 Å². The number of fused-ring (bicyclic) bond motifs is 1. The third-order valence-corrected chi connectivity index (χ3v) is 4.23. The van der Waals surface area contributed by atoms with Crippen LogP contribution >= 0.6 is 0 Å². The van der Waals surface area contributed by atoms with Crippen molar-refractivity contribution in [3.63, 3.8) is 0 Å². The van der Waals surface area contributed by atoms with E-state index in [2.05, 4.69) is 21.4 Å². The molecule has 2 aromatic heterocycles. The Kier molecular flexibility index (Phi) is 3.84. The minimum Gasteiger partial charge on any atom is -0.488 e. The van der Waals surface area contributed by atoms with Crippen LogP contribution in [0.3, 0.4) is 0 Å². The van der Waals surface area contributed by atoms with E-state index in [-0.39, 0.29) is 0 Å². The van der Waals surface area contributed by atoms with E-state index in [9.17, 15) is 0 Å². The van der Waals surface area contributed by atoms with Crippen LogP contribution in [0.4, 0.5) is 5.69 Å². The van der Waals surface area contributed by atoms with Crippen molar-refractivity contribution in [2.24, 2.45) is 0 Å². The molecule has 0 saturated heterocycles. The molecule has 1 saturated carbocycles. The summed E-state index contributed by atoms with van der Waals surface area (Å²) in [6.45, 7) is 0.647. The highest BCUT2D eigenvalue weighted by Gasteiger charge is 2.17. The lowest BCUT2D eigenvalue weighted by molar-refractivity contribution is 0.211. The first-order valence-corrected chi connectivity index (χ1v) is 8.17. The highest BCUT2D eigenvalue weighted by atomic mass is 16.5. The largest absolute Gasteiger partial charge is 0.488 e. The van der Waals surface area contributed by atoms with Crippen LogP contribution in [0.1, 0.15) is 31.4 Å². The number of ether oxygens (including phenoxy) is 1. The molecule has 1 aliphatic carbocycles. The Balaban J connectivity index is 1.47. The van der Waals surface area contributed by atoms with Gasteiger partial charge in [-0.2, -0.15) is 0 Å². The zero-order valence-corrected chi connectivity index (χ0v) is 13.0. The average Bonchev–Trinajstić information content (AvgIpc) is 3.23. The molecule has 0 bridgehead atoms. The predicted molar refractivity (Wildman–Crippen MR) is 89.6 cm³/mol. The molecule has 0 atom stereocenters. The van der Waals surface area contributed by atoms with Crippen LogP contribution in [-0.2, 0) is 6.54 Å². The Labute approximate surface area is 135 Å². The quantitative estimate of drug-likeness (QED) is 0.781. The van der Waals surface area contributed by atoms with E-state index in [1.807, 2.05) is 41.1 Å². The van der Waals surface area contributed by atoms with Gasteiger partial charge in [-0.05, 0) is 43.9 Å². The summed E-state index contributed by atoms with van der Waals surface area (Å²) in [5.74, 6) is 1.65. The third kappa shape index (κ3) is 3.13. The van der Waals surface area contributed by atoms with E-state index < -0.39 is 0 Å². The standard InChI is InChI=1S/C18H20N4O/c1-2-7-15(6-1)23-17-9-4-3-8-16(17)20-12-14-13-22-11-5-10-19-18(22)21-14/h3-5,8-11,13,15,20H,1-2,6-7,12H2. The summed E-state index contributed by atoms with van der Waals surface area (Å²) in [6.07, 6.45) is 10.9. The summed E-state index contributed by atoms with van der Waals surface area (Å²) in [6, 6.07) is 10.0. The van der Waals surface area contributed by atoms with Crippen molar-refractivity contribution < 1.29 is 4.74 Å². The Bertz CT molecular complexity index is 759. The van der Waals surface area contributed by atoms with Crippen LogP contribution in [0, 0.1) is 0 Å². The smallest absolute Gasteiger partial charge is 0.233 e. The lowest BCUT2D eigenvalue weighted by Gasteiger charge is -2.17. The first-order chi connectivity index (χ1) is 11.4. The van der Waals surface area contributed by atoms with Crippen LogP contribution < -0.4 is 10.1 Å². The maximum atomic E-state index is 6.15. The molecule has 3 aromatic rings. The number of benzene rings is 1. The normalized spacial score (nSPS) is 15.1. The number of hydrogen-bond donors (Lipinski definition) is 1. The number of imidazole rings is 1. The fraction of sp³-hybridized carbons (Fsp3) is 0.333. The summed E-state index contributed by atoms with van der Waals surface area (Å²) in [7, 11) is 0. The SMILES string of the molecule is c1ccc(OC2CCCC2)c(NCc2cn3cccnc3n2)c1. The molecular weight excluding hydrogens is 288 g/mol. The second-order valence-electron chi connectivity index (χ2n) is 5.93. The molecule has 0 unspecified atom stereocenters. The highest BCUT2D eigenvalue weighted by molar-refractivity contribution is 5.56. The van der Waals surface area contributed by atoms with Crippen molar-refractivity contribution in [2.45, 2.75) is 38.3 Å². The van der Waals surface area contributed by atoms with Gasteiger partial charge in [0.05, 0.1) is 24.0 Å². The van der Waals surface area contributed by atoms with Gasteiger partial charge in [0, 0.05) is 18.6 Å².